The average Bonchev–Trinajstić information content (AvgIpc) is 3.13. The number of fused-ring (bicyclic) bond motifs is 1. The molecule has 2 heterocycles. The van der Waals surface area contributed by atoms with Gasteiger partial charge in [0.05, 0.1) is 30.9 Å². The number of benzene rings is 2. The molecule has 0 aliphatic heterocycles. The van der Waals surface area contributed by atoms with Crippen molar-refractivity contribution in [3.63, 3.8) is 0 Å². The van der Waals surface area contributed by atoms with Crippen LogP contribution in [0.2, 0.25) is 4.34 Å². The highest BCUT2D eigenvalue weighted by Gasteiger charge is 2.16. The Bertz CT molecular complexity index is 1220. The number of aromatic nitrogens is 1. The van der Waals surface area contributed by atoms with Gasteiger partial charge in [-0.25, -0.2) is 4.98 Å². The first-order valence-electron chi connectivity index (χ1n) is 8.22. The fourth-order valence-corrected chi connectivity index (χ4v) is 3.84. The molecule has 0 fully saturated rings. The van der Waals surface area contributed by atoms with Crippen LogP contribution >= 0.6 is 22.9 Å². The zero-order chi connectivity index (χ0) is 19.7. The van der Waals surface area contributed by atoms with Crippen molar-refractivity contribution < 1.29 is 9.72 Å². The Labute approximate surface area is 168 Å². The Balaban J connectivity index is 1.77. The SMILES string of the molecule is O=C(Nc1cccc([N+](=O)[O-])c1)c1cc(-c2ccc(Cl)s2)nc2ccccc12. The molecule has 1 N–H and O–H groups in total. The van der Waals surface area contributed by atoms with E-state index >= 15 is 0 Å². The molecule has 2 aromatic carbocycles. The van der Waals surface area contributed by atoms with E-state index in [1.807, 2.05) is 30.3 Å². The van der Waals surface area contributed by atoms with Crippen LogP contribution in [-0.4, -0.2) is 15.8 Å². The lowest BCUT2D eigenvalue weighted by Crippen LogP contribution is -2.13. The van der Waals surface area contributed by atoms with Crippen molar-refractivity contribution in [1.82, 2.24) is 4.98 Å². The summed E-state index contributed by atoms with van der Waals surface area (Å²) in [6.07, 6.45) is 0. The number of nitrogens with one attached hydrogen (secondary N) is 1. The Hall–Kier alpha value is -3.29. The van der Waals surface area contributed by atoms with Crippen molar-refractivity contribution in [3.8, 4) is 10.6 Å². The van der Waals surface area contributed by atoms with Crippen LogP contribution in [0.3, 0.4) is 0 Å². The summed E-state index contributed by atoms with van der Waals surface area (Å²) in [6, 6.07) is 18.5. The lowest BCUT2D eigenvalue weighted by molar-refractivity contribution is -0.384. The fraction of sp³-hybridized carbons (Fsp3) is 0. The molecule has 0 spiro atoms. The third kappa shape index (κ3) is 3.58. The van der Waals surface area contributed by atoms with Gasteiger partial charge in [0.2, 0.25) is 0 Å². The zero-order valence-corrected chi connectivity index (χ0v) is 15.8. The monoisotopic (exact) mass is 409 g/mol. The summed E-state index contributed by atoms with van der Waals surface area (Å²) < 4.78 is 0.632. The predicted molar refractivity (Wildman–Crippen MR) is 111 cm³/mol. The van der Waals surface area contributed by atoms with Gasteiger partial charge in [-0.3, -0.25) is 14.9 Å². The van der Waals surface area contributed by atoms with E-state index in [1.54, 1.807) is 18.2 Å². The molecule has 0 atom stereocenters. The van der Waals surface area contributed by atoms with Gasteiger partial charge in [-0.1, -0.05) is 35.9 Å². The Morgan fingerprint density at radius 1 is 1.07 bits per heavy atom. The zero-order valence-electron chi connectivity index (χ0n) is 14.3. The maximum Gasteiger partial charge on any atom is 0.271 e. The molecule has 138 valence electrons. The van der Waals surface area contributed by atoms with Gasteiger partial charge in [0, 0.05) is 23.2 Å². The van der Waals surface area contributed by atoms with Gasteiger partial charge in [-0.05, 0) is 30.3 Å². The Kier molecular flexibility index (Phi) is 4.77. The van der Waals surface area contributed by atoms with Gasteiger partial charge in [-0.2, -0.15) is 0 Å². The number of non-ortho nitro benzene ring substituents is 1. The van der Waals surface area contributed by atoms with E-state index in [0.29, 0.717) is 32.2 Å². The number of rotatable bonds is 4. The highest BCUT2D eigenvalue weighted by atomic mass is 35.5. The van der Waals surface area contributed by atoms with E-state index in [2.05, 4.69) is 10.3 Å². The maximum atomic E-state index is 13.0. The molecule has 0 saturated carbocycles. The smallest absolute Gasteiger partial charge is 0.271 e. The van der Waals surface area contributed by atoms with Crippen LogP contribution in [0.15, 0.2) is 66.7 Å². The standard InChI is InChI=1S/C20H12ClN3O3S/c21-19-9-8-18(28-19)17-11-15(14-6-1-2-7-16(14)23-17)20(25)22-12-4-3-5-13(10-12)24(26)27/h1-11H,(H,22,25). The normalized spacial score (nSPS) is 10.8. The first-order chi connectivity index (χ1) is 13.5. The number of carbonyl (C=O) groups excluding carboxylic acids is 1. The number of nitro groups is 1. The minimum absolute atomic E-state index is 0.0914. The van der Waals surface area contributed by atoms with Crippen LogP contribution in [0.25, 0.3) is 21.5 Å². The average molecular weight is 410 g/mol. The molecule has 8 heteroatoms. The van der Waals surface area contributed by atoms with Crippen molar-refractivity contribution in [1.29, 1.82) is 0 Å². The molecule has 6 nitrogen and oxygen atoms in total. The number of hydrogen-bond acceptors (Lipinski definition) is 5. The third-order valence-electron chi connectivity index (χ3n) is 4.10. The van der Waals surface area contributed by atoms with Crippen LogP contribution in [0.5, 0.6) is 0 Å². The number of amides is 1. The van der Waals surface area contributed by atoms with E-state index in [-0.39, 0.29) is 11.6 Å². The molecule has 0 saturated heterocycles. The maximum absolute atomic E-state index is 13.0. The van der Waals surface area contributed by atoms with E-state index in [4.69, 9.17) is 11.6 Å². The highest BCUT2D eigenvalue weighted by Crippen LogP contribution is 2.32. The number of carbonyl (C=O) groups is 1. The molecule has 0 radical (unpaired) electrons. The molecule has 0 aliphatic carbocycles. The first-order valence-corrected chi connectivity index (χ1v) is 9.42. The Morgan fingerprint density at radius 3 is 2.64 bits per heavy atom. The summed E-state index contributed by atoms with van der Waals surface area (Å²) in [5, 5.41) is 14.4. The number of pyridine rings is 1. The van der Waals surface area contributed by atoms with E-state index < -0.39 is 4.92 Å². The third-order valence-corrected chi connectivity index (χ3v) is 5.35. The lowest BCUT2D eigenvalue weighted by atomic mass is 10.1. The minimum Gasteiger partial charge on any atom is -0.322 e. The summed E-state index contributed by atoms with van der Waals surface area (Å²) in [6.45, 7) is 0. The van der Waals surface area contributed by atoms with E-state index in [1.165, 1.54) is 29.5 Å². The molecular weight excluding hydrogens is 398 g/mol. The van der Waals surface area contributed by atoms with Crippen LogP contribution in [0.1, 0.15) is 10.4 Å². The van der Waals surface area contributed by atoms with Gasteiger partial charge in [0.15, 0.2) is 0 Å². The van der Waals surface area contributed by atoms with Crippen LogP contribution in [-0.2, 0) is 0 Å². The molecular formula is C20H12ClN3O3S. The topological polar surface area (TPSA) is 85.1 Å². The number of para-hydroxylation sites is 1. The molecule has 0 aliphatic rings. The minimum atomic E-state index is -0.504. The largest absolute Gasteiger partial charge is 0.322 e. The van der Waals surface area contributed by atoms with Crippen LogP contribution in [0.4, 0.5) is 11.4 Å². The lowest BCUT2D eigenvalue weighted by Gasteiger charge is -2.10. The summed E-state index contributed by atoms with van der Waals surface area (Å²) in [5.74, 6) is -0.372. The molecule has 0 unspecified atom stereocenters. The van der Waals surface area contributed by atoms with Gasteiger partial charge >= 0.3 is 0 Å². The number of nitrogens with zero attached hydrogens (tertiary/aromatic N) is 2. The highest BCUT2D eigenvalue weighted by molar-refractivity contribution is 7.19. The van der Waals surface area contributed by atoms with Gasteiger partial charge in [0.1, 0.15) is 0 Å². The second kappa shape index (κ2) is 7.38. The van der Waals surface area contributed by atoms with Crippen LogP contribution < -0.4 is 5.32 Å². The Morgan fingerprint density at radius 2 is 1.89 bits per heavy atom. The van der Waals surface area contributed by atoms with Gasteiger partial charge in [-0.15, -0.1) is 11.3 Å². The number of thiophene rings is 1. The van der Waals surface area contributed by atoms with Gasteiger partial charge in [0.25, 0.3) is 11.6 Å². The van der Waals surface area contributed by atoms with E-state index in [9.17, 15) is 14.9 Å². The predicted octanol–water partition coefficient (Wildman–Crippen LogP) is 5.78. The fourth-order valence-electron chi connectivity index (χ4n) is 2.84. The van der Waals surface area contributed by atoms with E-state index in [0.717, 1.165) is 4.88 Å². The quantitative estimate of drug-likeness (QED) is 0.342. The number of anilines is 1. The molecule has 2 aromatic heterocycles. The summed E-state index contributed by atoms with van der Waals surface area (Å²) in [4.78, 5) is 28.9. The molecule has 4 aromatic rings. The number of halogens is 1. The second-order valence-corrected chi connectivity index (χ2v) is 7.65. The molecule has 28 heavy (non-hydrogen) atoms. The van der Waals surface area contributed by atoms with Gasteiger partial charge < -0.3 is 5.32 Å². The summed E-state index contributed by atoms with van der Waals surface area (Å²) in [7, 11) is 0. The molecule has 1 amide bonds. The van der Waals surface area contributed by atoms with Crippen molar-refractivity contribution in [2.75, 3.05) is 5.32 Å². The molecule has 0 bridgehead atoms. The van der Waals surface area contributed by atoms with Crippen molar-refractivity contribution in [2.24, 2.45) is 0 Å². The van der Waals surface area contributed by atoms with Crippen LogP contribution in [0, 0.1) is 10.1 Å². The molecule has 4 rings (SSSR count). The first kappa shape index (κ1) is 18.1. The second-order valence-electron chi connectivity index (χ2n) is 5.94. The summed E-state index contributed by atoms with van der Waals surface area (Å²) in [5.41, 5.74) is 2.00. The number of hydrogen-bond donors (Lipinski definition) is 1. The number of nitro benzene ring substituents is 1. The van der Waals surface area contributed by atoms with Crippen molar-refractivity contribution in [3.05, 3.63) is 86.7 Å². The van der Waals surface area contributed by atoms with Crippen molar-refractivity contribution in [2.45, 2.75) is 0 Å². The van der Waals surface area contributed by atoms with Crippen molar-refractivity contribution >= 4 is 51.1 Å². The summed E-state index contributed by atoms with van der Waals surface area (Å²) >= 11 is 7.41.